The largest absolute Gasteiger partial charge is 0.458 e. The number of fused-ring (bicyclic) bond motifs is 9. The fraction of sp³-hybridized carbons (Fsp3) is 0.864. The second-order valence-corrected chi connectivity index (χ2v) is 10.3. The minimum Gasteiger partial charge on any atom is -0.458 e. The van der Waals surface area contributed by atoms with Crippen molar-refractivity contribution in [2.24, 2.45) is 46.1 Å². The number of hydrogen-bond donors (Lipinski definition) is 0. The van der Waals surface area contributed by atoms with E-state index >= 15 is 0 Å². The van der Waals surface area contributed by atoms with E-state index in [1.807, 2.05) is 0 Å². The van der Waals surface area contributed by atoms with Crippen LogP contribution in [-0.4, -0.2) is 17.6 Å². The van der Waals surface area contributed by atoms with Gasteiger partial charge in [-0.2, -0.15) is 4.91 Å². The molecular weight excluding hydrogens is 326 g/mol. The fourth-order valence-electron chi connectivity index (χ4n) is 8.75. The summed E-state index contributed by atoms with van der Waals surface area (Å²) < 4.78 is 6.15. The minimum absolute atomic E-state index is 0.0493. The van der Waals surface area contributed by atoms with Crippen molar-refractivity contribution in [1.29, 1.82) is 0 Å². The lowest BCUT2D eigenvalue weighted by molar-refractivity contribution is -0.174. The molecule has 1 heterocycles. The fourth-order valence-corrected chi connectivity index (χ4v) is 8.75. The van der Waals surface area contributed by atoms with Crippen LogP contribution in [-0.2, 0) is 9.53 Å². The van der Waals surface area contributed by atoms with Crippen molar-refractivity contribution >= 4 is 5.97 Å². The molecule has 140 valence electrons. The van der Waals surface area contributed by atoms with Crippen LogP contribution in [0.3, 0.4) is 0 Å². The molecule has 0 aromatic heterocycles. The van der Waals surface area contributed by atoms with Crippen molar-refractivity contribution in [1.82, 2.24) is 0 Å². The number of nitroso groups, excluding NO2 is 1. The average Bonchev–Trinajstić information content (AvgIpc) is 3.29. The van der Waals surface area contributed by atoms with E-state index in [9.17, 15) is 9.70 Å². The Kier molecular flexibility index (Phi) is 3.04. The molecule has 6 aliphatic rings. The number of carbonyl (C=O) groups is 1. The Morgan fingerprint density at radius 3 is 2.73 bits per heavy atom. The highest BCUT2D eigenvalue weighted by Gasteiger charge is 2.78. The second-order valence-electron chi connectivity index (χ2n) is 10.3. The smallest absolute Gasteiger partial charge is 0.306 e. The lowest BCUT2D eigenvalue weighted by atomic mass is 9.49. The van der Waals surface area contributed by atoms with Crippen LogP contribution in [0.1, 0.15) is 64.7 Å². The SMILES string of the molecule is C[C@]12CCC3C(CCC4=CC(N=O)CC[C@@H]43)C1C1CC1[C@@]21CCC(=O)O1. The first-order valence-corrected chi connectivity index (χ1v) is 10.8. The topological polar surface area (TPSA) is 55.7 Å². The van der Waals surface area contributed by atoms with Crippen LogP contribution >= 0.6 is 0 Å². The van der Waals surface area contributed by atoms with Gasteiger partial charge in [-0.05, 0) is 81.0 Å². The molecule has 0 amide bonds. The van der Waals surface area contributed by atoms with Gasteiger partial charge in [0.1, 0.15) is 11.6 Å². The van der Waals surface area contributed by atoms with Crippen LogP contribution < -0.4 is 0 Å². The zero-order chi connectivity index (χ0) is 17.7. The number of allylic oxidation sites excluding steroid dienone is 1. The number of nitrogens with zero attached hydrogens (tertiary/aromatic N) is 1. The molecule has 9 atom stereocenters. The molecule has 4 saturated carbocycles. The number of hydrogen-bond acceptors (Lipinski definition) is 4. The van der Waals surface area contributed by atoms with Gasteiger partial charge in [-0.15, -0.1) is 0 Å². The summed E-state index contributed by atoms with van der Waals surface area (Å²) in [5, 5.41) is 3.31. The standard InChI is InChI=1S/C22H29NO3/c1-21-8-6-15-14-5-3-13(23-25)10-12(14)2-4-16(15)20(21)17-11-18(17)22(21)9-7-19(24)26-22/h10,13-18,20H,2-9,11H2,1H3/t13?,14-,15?,16?,17?,18?,20?,21-,22-/m0/s1. The zero-order valence-electron chi connectivity index (χ0n) is 15.7. The van der Waals surface area contributed by atoms with Crippen LogP contribution in [0.4, 0.5) is 0 Å². The molecule has 4 heteroatoms. The van der Waals surface area contributed by atoms with Crippen LogP contribution in [0.5, 0.6) is 0 Å². The highest BCUT2D eigenvalue weighted by molar-refractivity contribution is 5.73. The van der Waals surface area contributed by atoms with E-state index in [2.05, 4.69) is 18.2 Å². The predicted octanol–water partition coefficient (Wildman–Crippen LogP) is 4.63. The Morgan fingerprint density at radius 2 is 1.96 bits per heavy atom. The maximum Gasteiger partial charge on any atom is 0.306 e. The molecule has 0 aromatic rings. The number of carbonyl (C=O) groups excluding carboxylic acids is 1. The van der Waals surface area contributed by atoms with Crippen molar-refractivity contribution in [3.63, 3.8) is 0 Å². The number of esters is 1. The summed E-state index contributed by atoms with van der Waals surface area (Å²) in [4.78, 5) is 23.0. The Labute approximate surface area is 155 Å². The van der Waals surface area contributed by atoms with Gasteiger partial charge >= 0.3 is 5.97 Å². The summed E-state index contributed by atoms with van der Waals surface area (Å²) in [6, 6.07) is -0.0767. The summed E-state index contributed by atoms with van der Waals surface area (Å²) in [5.41, 5.74) is 1.62. The molecule has 1 saturated heterocycles. The zero-order valence-corrected chi connectivity index (χ0v) is 15.7. The molecule has 0 N–H and O–H groups in total. The van der Waals surface area contributed by atoms with Crippen molar-refractivity contribution < 1.29 is 9.53 Å². The molecule has 0 radical (unpaired) electrons. The van der Waals surface area contributed by atoms with Crippen LogP contribution in [0, 0.1) is 45.8 Å². The van der Waals surface area contributed by atoms with E-state index < -0.39 is 0 Å². The second kappa shape index (κ2) is 4.99. The molecule has 5 aliphatic carbocycles. The highest BCUT2D eigenvalue weighted by Crippen LogP contribution is 2.78. The first-order chi connectivity index (χ1) is 12.6. The third-order valence-corrected chi connectivity index (χ3v) is 9.68. The first kappa shape index (κ1) is 15.8. The summed E-state index contributed by atoms with van der Waals surface area (Å²) >= 11 is 0. The summed E-state index contributed by atoms with van der Waals surface area (Å²) in [5.74, 6) is 4.52. The normalized spacial score (nSPS) is 56.7. The van der Waals surface area contributed by atoms with E-state index in [0.717, 1.165) is 49.4 Å². The maximum atomic E-state index is 12.1. The van der Waals surface area contributed by atoms with E-state index in [1.54, 1.807) is 0 Å². The molecule has 26 heavy (non-hydrogen) atoms. The Bertz CT molecular complexity index is 716. The van der Waals surface area contributed by atoms with Gasteiger partial charge in [0.2, 0.25) is 0 Å². The Hall–Kier alpha value is -1.19. The maximum absolute atomic E-state index is 12.1. The van der Waals surface area contributed by atoms with Gasteiger partial charge in [0.05, 0.1) is 0 Å². The van der Waals surface area contributed by atoms with E-state index in [0.29, 0.717) is 18.3 Å². The van der Waals surface area contributed by atoms with Gasteiger partial charge < -0.3 is 4.74 Å². The van der Waals surface area contributed by atoms with Gasteiger partial charge in [0, 0.05) is 17.8 Å². The number of ether oxygens (including phenoxy) is 1. The van der Waals surface area contributed by atoms with Gasteiger partial charge in [-0.25, -0.2) is 0 Å². The van der Waals surface area contributed by atoms with E-state index in [4.69, 9.17) is 4.74 Å². The van der Waals surface area contributed by atoms with Gasteiger partial charge in [0.15, 0.2) is 0 Å². The summed E-state index contributed by atoms with van der Waals surface area (Å²) in [6.07, 6.45) is 12.1. The van der Waals surface area contributed by atoms with Gasteiger partial charge in [-0.3, -0.25) is 4.79 Å². The van der Waals surface area contributed by atoms with E-state index in [1.165, 1.54) is 31.3 Å². The van der Waals surface area contributed by atoms with Crippen LogP contribution in [0.25, 0.3) is 0 Å². The van der Waals surface area contributed by atoms with Crippen molar-refractivity contribution in [2.75, 3.05) is 0 Å². The summed E-state index contributed by atoms with van der Waals surface area (Å²) in [6.45, 7) is 2.47. The lowest BCUT2D eigenvalue weighted by Gasteiger charge is -2.57. The third kappa shape index (κ3) is 1.75. The molecule has 6 unspecified atom stereocenters. The van der Waals surface area contributed by atoms with E-state index in [-0.39, 0.29) is 23.0 Å². The Balaban J connectivity index is 1.34. The lowest BCUT2D eigenvalue weighted by Crippen LogP contribution is -2.55. The third-order valence-electron chi connectivity index (χ3n) is 9.68. The first-order valence-electron chi connectivity index (χ1n) is 10.8. The van der Waals surface area contributed by atoms with Crippen LogP contribution in [0.15, 0.2) is 16.8 Å². The predicted molar refractivity (Wildman–Crippen MR) is 97.1 cm³/mol. The molecule has 5 fully saturated rings. The molecule has 6 rings (SSSR count). The summed E-state index contributed by atoms with van der Waals surface area (Å²) in [7, 11) is 0. The van der Waals surface area contributed by atoms with Crippen LogP contribution in [0.2, 0.25) is 0 Å². The van der Waals surface area contributed by atoms with Crippen molar-refractivity contribution in [3.05, 3.63) is 16.6 Å². The molecule has 0 bridgehead atoms. The number of rotatable bonds is 1. The highest BCUT2D eigenvalue weighted by atomic mass is 16.6. The Morgan fingerprint density at radius 1 is 1.08 bits per heavy atom. The van der Waals surface area contributed by atoms with Gasteiger partial charge in [-0.1, -0.05) is 23.7 Å². The quantitative estimate of drug-likeness (QED) is 0.391. The van der Waals surface area contributed by atoms with Crippen molar-refractivity contribution in [2.45, 2.75) is 76.4 Å². The molecule has 1 aliphatic heterocycles. The van der Waals surface area contributed by atoms with Gasteiger partial charge in [0.25, 0.3) is 0 Å². The minimum atomic E-state index is -0.125. The monoisotopic (exact) mass is 355 g/mol. The molecule has 1 spiro atoms. The molecular formula is C22H29NO3. The molecule has 0 aromatic carbocycles. The molecule has 4 nitrogen and oxygen atoms in total. The van der Waals surface area contributed by atoms with Crippen molar-refractivity contribution in [3.8, 4) is 0 Å². The average molecular weight is 355 g/mol.